The topological polar surface area (TPSA) is 91.6 Å². The summed E-state index contributed by atoms with van der Waals surface area (Å²) in [5.74, 6) is -0.310. The van der Waals surface area contributed by atoms with Crippen molar-refractivity contribution in [1.82, 2.24) is 5.32 Å². The first kappa shape index (κ1) is 23.0. The van der Waals surface area contributed by atoms with Gasteiger partial charge in [-0.05, 0) is 71.5 Å². The van der Waals surface area contributed by atoms with E-state index in [1.165, 1.54) is 31.2 Å². The van der Waals surface area contributed by atoms with Gasteiger partial charge in [0, 0.05) is 5.56 Å². The number of ether oxygens (including phenoxy) is 2. The molecule has 0 saturated heterocycles. The van der Waals surface area contributed by atoms with Gasteiger partial charge in [-0.25, -0.2) is 0 Å². The van der Waals surface area contributed by atoms with E-state index in [2.05, 4.69) is 21.2 Å². The van der Waals surface area contributed by atoms with Crippen molar-refractivity contribution in [2.45, 2.75) is 37.8 Å². The fourth-order valence-corrected chi connectivity index (χ4v) is 3.71. The Hall–Kier alpha value is -2.64. The van der Waals surface area contributed by atoms with E-state index in [4.69, 9.17) is 9.47 Å². The zero-order chi connectivity index (χ0) is 22.6. The van der Waals surface area contributed by atoms with E-state index < -0.39 is 24.0 Å². The molecule has 0 spiro atoms. The average Bonchev–Trinajstić information content (AvgIpc) is 2.72. The summed E-state index contributed by atoms with van der Waals surface area (Å²) in [6.45, 7) is 1.34. The highest BCUT2D eigenvalue weighted by Gasteiger charge is 2.32. The van der Waals surface area contributed by atoms with Gasteiger partial charge in [0.25, 0.3) is 5.91 Å². The summed E-state index contributed by atoms with van der Waals surface area (Å²) in [7, 11) is 0.867. The second kappa shape index (κ2) is 9.24. The molecule has 31 heavy (non-hydrogen) atoms. The van der Waals surface area contributed by atoms with Crippen LogP contribution in [0.3, 0.4) is 0 Å². The number of halogens is 3. The molecule has 4 aliphatic heterocycles. The molecule has 161 valence electrons. The van der Waals surface area contributed by atoms with Gasteiger partial charge in [0.15, 0.2) is 5.54 Å². The number of hydrogen-bond acceptors (Lipinski definition) is 5. The number of nitrogens with one attached hydrogen (secondary N) is 1. The van der Waals surface area contributed by atoms with Crippen LogP contribution in [0.1, 0.15) is 35.7 Å². The van der Waals surface area contributed by atoms with Crippen LogP contribution in [0.5, 0.6) is 11.5 Å². The maximum atomic E-state index is 14.3. The number of benzene rings is 2. The molecule has 4 bridgehead atoms. The van der Waals surface area contributed by atoms with Crippen molar-refractivity contribution < 1.29 is 28.1 Å². The molecule has 6 nitrogen and oxygen atoms in total. The van der Waals surface area contributed by atoms with Crippen LogP contribution in [0.15, 0.2) is 40.9 Å². The van der Waals surface area contributed by atoms with Gasteiger partial charge in [-0.15, -0.1) is 0 Å². The van der Waals surface area contributed by atoms with Crippen LogP contribution < -0.4 is 20.3 Å². The Morgan fingerprint density at radius 2 is 1.97 bits per heavy atom. The number of hydrogen-bond donors (Lipinski definition) is 2. The number of carbonyl (C=O) groups excluding carboxylic acids is 1. The lowest BCUT2D eigenvalue weighted by atomic mass is 9.82. The molecule has 0 aliphatic carbocycles. The van der Waals surface area contributed by atoms with Gasteiger partial charge in [-0.3, -0.25) is 4.79 Å². The van der Waals surface area contributed by atoms with Gasteiger partial charge < -0.3 is 19.8 Å². The first-order valence-corrected chi connectivity index (χ1v) is 10.3. The molecule has 1 atom stereocenters. The second-order valence-electron chi connectivity index (χ2n) is 7.38. The Morgan fingerprint density at radius 1 is 1.26 bits per heavy atom. The highest BCUT2D eigenvalue weighted by molar-refractivity contribution is 9.10. The molecule has 0 aromatic heterocycles. The van der Waals surface area contributed by atoms with Crippen molar-refractivity contribution in [2.75, 3.05) is 6.61 Å². The molecule has 2 N–H and O–H groups in total. The molecule has 10 heteroatoms. The van der Waals surface area contributed by atoms with Gasteiger partial charge in [0.1, 0.15) is 18.1 Å². The smallest absolute Gasteiger partial charge is 0.397 e. The van der Waals surface area contributed by atoms with Gasteiger partial charge in [-0.1, -0.05) is 11.6 Å². The third-order valence-corrected chi connectivity index (χ3v) is 5.63. The minimum absolute atomic E-state index is 0.0782. The molecule has 4 aliphatic rings. The number of aryl methyl sites for hydroxylation is 1. The van der Waals surface area contributed by atoms with E-state index in [-0.39, 0.29) is 30.8 Å². The van der Waals surface area contributed by atoms with E-state index >= 15 is 0 Å². The summed E-state index contributed by atoms with van der Waals surface area (Å²) in [5.41, 5.74) is -0.160. The van der Waals surface area contributed by atoms with E-state index in [1.54, 1.807) is 12.1 Å². The summed E-state index contributed by atoms with van der Waals surface area (Å²) in [5, 5.41) is 21.8. The zero-order valence-corrected chi connectivity index (χ0v) is 18.2. The van der Waals surface area contributed by atoms with Crippen molar-refractivity contribution in [3.63, 3.8) is 0 Å². The minimum Gasteiger partial charge on any atom is -0.489 e. The van der Waals surface area contributed by atoms with Crippen LogP contribution in [0, 0.1) is 11.3 Å². The standard InChI is InChI=1S/C21H19BBrF2N2O4/c1-20(11-26)12-30-16-9-6-13(17(22-29)18(16)23)3-2-10-21(24,25)31-15-7-4-14(5-8-15)19(28)27-20/h4-9,29H,2-3,10,12H2,1H3,(H,27,28)/t20-/m0/s1. The van der Waals surface area contributed by atoms with Crippen LogP contribution in [0.4, 0.5) is 8.78 Å². The fourth-order valence-electron chi connectivity index (χ4n) is 3.11. The van der Waals surface area contributed by atoms with Crippen LogP contribution >= 0.6 is 15.9 Å². The third kappa shape index (κ3) is 5.54. The maximum absolute atomic E-state index is 14.3. The van der Waals surface area contributed by atoms with Crippen molar-refractivity contribution in [2.24, 2.45) is 0 Å². The van der Waals surface area contributed by atoms with E-state index in [1.807, 2.05) is 6.07 Å². The largest absolute Gasteiger partial charge is 0.489 e. The Labute approximate surface area is 187 Å². The molecule has 0 fully saturated rings. The number of rotatable bonds is 1. The van der Waals surface area contributed by atoms with Crippen molar-refractivity contribution >= 4 is 34.8 Å². The monoisotopic (exact) mass is 491 g/mol. The van der Waals surface area contributed by atoms with Gasteiger partial charge in [-0.2, -0.15) is 14.0 Å². The lowest BCUT2D eigenvalue weighted by Crippen LogP contribution is -2.49. The molecule has 2 aromatic carbocycles. The number of nitriles is 1. The molecule has 1 radical (unpaired) electrons. The van der Waals surface area contributed by atoms with Crippen molar-refractivity contribution in [3.8, 4) is 17.6 Å². The van der Waals surface area contributed by atoms with E-state index in [0.717, 1.165) is 7.48 Å². The van der Waals surface area contributed by atoms with Gasteiger partial charge in [0.2, 0.25) is 0 Å². The lowest BCUT2D eigenvalue weighted by Gasteiger charge is -2.25. The minimum atomic E-state index is -3.40. The van der Waals surface area contributed by atoms with Crippen LogP contribution in [-0.4, -0.2) is 36.7 Å². The highest BCUT2D eigenvalue weighted by Crippen LogP contribution is 2.29. The molecule has 2 aromatic rings. The molecule has 6 rings (SSSR count). The SMILES string of the molecule is C[C@]1(C#N)COc2ccc(c([B]O)c2Br)CCCC(F)(F)Oc2ccc(cc2)C(=O)N1. The molecular weight excluding hydrogens is 473 g/mol. The normalized spacial score (nSPS) is 21.1. The van der Waals surface area contributed by atoms with Crippen LogP contribution in [0.2, 0.25) is 0 Å². The Bertz CT molecular complexity index is 1010. The predicted octanol–water partition coefficient (Wildman–Crippen LogP) is 3.08. The number of nitrogens with zero attached hydrogens (tertiary/aromatic N) is 1. The zero-order valence-electron chi connectivity index (χ0n) is 16.6. The van der Waals surface area contributed by atoms with Crippen molar-refractivity contribution in [3.05, 3.63) is 52.0 Å². The molecule has 1 amide bonds. The first-order chi connectivity index (χ1) is 14.7. The number of amides is 1. The molecular formula is C21H19BBrF2N2O4. The lowest BCUT2D eigenvalue weighted by molar-refractivity contribution is -0.181. The summed E-state index contributed by atoms with van der Waals surface area (Å²) < 4.78 is 39.5. The quantitative estimate of drug-likeness (QED) is 0.598. The van der Waals surface area contributed by atoms with Crippen LogP contribution in [0.25, 0.3) is 0 Å². The summed E-state index contributed by atoms with van der Waals surface area (Å²) in [6, 6.07) is 10.5. The van der Waals surface area contributed by atoms with E-state index in [0.29, 0.717) is 21.2 Å². The second-order valence-corrected chi connectivity index (χ2v) is 8.18. The highest BCUT2D eigenvalue weighted by atomic mass is 79.9. The number of carbonyl (C=O) groups is 1. The summed E-state index contributed by atoms with van der Waals surface area (Å²) >= 11 is 3.35. The van der Waals surface area contributed by atoms with Gasteiger partial charge >= 0.3 is 13.6 Å². The Balaban J connectivity index is 1.97. The predicted molar refractivity (Wildman–Crippen MR) is 114 cm³/mol. The molecule has 4 heterocycles. The first-order valence-electron chi connectivity index (χ1n) is 9.49. The Morgan fingerprint density at radius 3 is 2.61 bits per heavy atom. The van der Waals surface area contributed by atoms with Gasteiger partial charge in [0.05, 0.1) is 17.0 Å². The fraction of sp³-hybridized carbons (Fsp3) is 0.333. The summed E-state index contributed by atoms with van der Waals surface area (Å²) in [6.07, 6.45) is -3.56. The van der Waals surface area contributed by atoms with Crippen molar-refractivity contribution in [1.29, 1.82) is 5.26 Å². The Kier molecular flexibility index (Phi) is 6.87. The average molecular weight is 492 g/mol. The third-order valence-electron chi connectivity index (χ3n) is 4.81. The maximum Gasteiger partial charge on any atom is 0.397 e. The number of alkyl halides is 2. The van der Waals surface area contributed by atoms with Crippen LogP contribution in [-0.2, 0) is 6.42 Å². The summed E-state index contributed by atoms with van der Waals surface area (Å²) in [4.78, 5) is 12.6. The van der Waals surface area contributed by atoms with E-state index in [9.17, 15) is 23.9 Å². The molecule has 0 unspecified atom stereocenters. The molecule has 0 saturated carbocycles.